The maximum Gasteiger partial charge on any atom is 0.417 e. The molecule has 1 aromatic carbocycles. The third-order valence-corrected chi connectivity index (χ3v) is 2.03. The standard InChI is InChI=1S/C12H8F3NO/c13-12(14,15)11-7-9(3-1-2-6-16)4-5-10(11)8-17/h1,3-5,7-8H,2H2. The minimum atomic E-state index is -4.56. The summed E-state index contributed by atoms with van der Waals surface area (Å²) in [6.45, 7) is 0. The fraction of sp³-hybridized carbons (Fsp3) is 0.167. The Balaban J connectivity index is 3.15. The molecule has 0 N–H and O–H groups in total. The van der Waals surface area contributed by atoms with E-state index in [0.29, 0.717) is 5.56 Å². The van der Waals surface area contributed by atoms with Crippen LogP contribution in [0.25, 0.3) is 6.08 Å². The summed E-state index contributed by atoms with van der Waals surface area (Å²) < 4.78 is 37.7. The van der Waals surface area contributed by atoms with E-state index in [2.05, 4.69) is 0 Å². The molecular weight excluding hydrogens is 231 g/mol. The smallest absolute Gasteiger partial charge is 0.298 e. The van der Waals surface area contributed by atoms with Gasteiger partial charge in [-0.2, -0.15) is 18.4 Å². The van der Waals surface area contributed by atoms with Crippen LogP contribution in [0.5, 0.6) is 0 Å². The molecule has 1 rings (SSSR count). The summed E-state index contributed by atoms with van der Waals surface area (Å²) in [4.78, 5) is 10.5. The zero-order chi connectivity index (χ0) is 12.9. The molecule has 2 nitrogen and oxygen atoms in total. The molecule has 0 fully saturated rings. The lowest BCUT2D eigenvalue weighted by Gasteiger charge is -2.09. The van der Waals surface area contributed by atoms with E-state index in [9.17, 15) is 18.0 Å². The number of carbonyl (C=O) groups excluding carboxylic acids is 1. The summed E-state index contributed by atoms with van der Waals surface area (Å²) in [5, 5.41) is 8.28. The van der Waals surface area contributed by atoms with Crippen molar-refractivity contribution >= 4 is 12.4 Å². The van der Waals surface area contributed by atoms with Gasteiger partial charge < -0.3 is 0 Å². The highest BCUT2D eigenvalue weighted by molar-refractivity contribution is 5.78. The SMILES string of the molecule is N#CCC=Cc1ccc(C=O)c(C(F)(F)F)c1. The van der Waals surface area contributed by atoms with Gasteiger partial charge in [-0.1, -0.05) is 24.3 Å². The van der Waals surface area contributed by atoms with Crippen LogP contribution in [0.4, 0.5) is 13.2 Å². The van der Waals surface area contributed by atoms with Gasteiger partial charge in [-0.25, -0.2) is 0 Å². The van der Waals surface area contributed by atoms with Gasteiger partial charge in [0.25, 0.3) is 0 Å². The number of carbonyl (C=O) groups is 1. The Bertz CT molecular complexity index is 484. The minimum absolute atomic E-state index is 0.122. The molecule has 0 radical (unpaired) electrons. The Kier molecular flexibility index (Phi) is 4.05. The van der Waals surface area contributed by atoms with Crippen LogP contribution in [-0.4, -0.2) is 6.29 Å². The highest BCUT2D eigenvalue weighted by Crippen LogP contribution is 2.32. The molecule has 0 spiro atoms. The van der Waals surface area contributed by atoms with Gasteiger partial charge in [0, 0.05) is 5.56 Å². The van der Waals surface area contributed by atoms with Crippen molar-refractivity contribution in [1.29, 1.82) is 5.26 Å². The molecule has 0 unspecified atom stereocenters. The van der Waals surface area contributed by atoms with Gasteiger partial charge in [0.1, 0.15) is 0 Å². The maximum absolute atomic E-state index is 12.6. The van der Waals surface area contributed by atoms with Crippen molar-refractivity contribution < 1.29 is 18.0 Å². The van der Waals surface area contributed by atoms with Crippen molar-refractivity contribution in [3.05, 3.63) is 41.0 Å². The van der Waals surface area contributed by atoms with Crippen molar-refractivity contribution in [2.45, 2.75) is 12.6 Å². The number of benzene rings is 1. The molecule has 0 aliphatic rings. The molecule has 0 aliphatic carbocycles. The number of hydrogen-bond acceptors (Lipinski definition) is 2. The van der Waals surface area contributed by atoms with E-state index in [1.54, 1.807) is 0 Å². The number of allylic oxidation sites excluding steroid dienone is 1. The number of rotatable bonds is 3. The second kappa shape index (κ2) is 5.30. The Morgan fingerprint density at radius 1 is 1.35 bits per heavy atom. The Morgan fingerprint density at radius 3 is 2.59 bits per heavy atom. The third-order valence-electron chi connectivity index (χ3n) is 2.03. The Labute approximate surface area is 96.0 Å². The second-order valence-corrected chi connectivity index (χ2v) is 3.23. The number of halogens is 3. The first-order valence-electron chi connectivity index (χ1n) is 4.69. The lowest BCUT2D eigenvalue weighted by molar-refractivity contribution is -0.137. The van der Waals surface area contributed by atoms with Gasteiger partial charge in [-0.05, 0) is 11.6 Å². The molecule has 0 heterocycles. The summed E-state index contributed by atoms with van der Waals surface area (Å²) in [5.41, 5.74) is -1.06. The number of alkyl halides is 3. The quantitative estimate of drug-likeness (QED) is 0.758. The summed E-state index contributed by atoms with van der Waals surface area (Å²) in [6, 6.07) is 5.24. The van der Waals surface area contributed by atoms with Crippen molar-refractivity contribution in [2.24, 2.45) is 0 Å². The minimum Gasteiger partial charge on any atom is -0.298 e. The number of hydrogen-bond donors (Lipinski definition) is 0. The van der Waals surface area contributed by atoms with E-state index < -0.39 is 17.3 Å². The van der Waals surface area contributed by atoms with Crippen molar-refractivity contribution in [2.75, 3.05) is 0 Å². The van der Waals surface area contributed by atoms with Gasteiger partial charge in [-0.15, -0.1) is 0 Å². The van der Waals surface area contributed by atoms with Crippen molar-refractivity contribution in [1.82, 2.24) is 0 Å². The normalized spacial score (nSPS) is 11.4. The van der Waals surface area contributed by atoms with E-state index in [1.165, 1.54) is 18.2 Å². The maximum atomic E-state index is 12.6. The first kappa shape index (κ1) is 13.0. The average Bonchev–Trinajstić information content (AvgIpc) is 2.28. The highest BCUT2D eigenvalue weighted by Gasteiger charge is 2.33. The lowest BCUT2D eigenvalue weighted by Crippen LogP contribution is -2.09. The van der Waals surface area contributed by atoms with Gasteiger partial charge in [0.15, 0.2) is 6.29 Å². The fourth-order valence-corrected chi connectivity index (χ4v) is 1.27. The summed E-state index contributed by atoms with van der Waals surface area (Å²) in [7, 11) is 0. The van der Waals surface area contributed by atoms with Crippen LogP contribution in [0, 0.1) is 11.3 Å². The largest absolute Gasteiger partial charge is 0.417 e. The van der Waals surface area contributed by atoms with E-state index >= 15 is 0 Å². The molecule has 0 amide bonds. The van der Waals surface area contributed by atoms with Crippen LogP contribution in [0.3, 0.4) is 0 Å². The predicted octanol–water partition coefficient (Wildman–Crippen LogP) is 3.44. The van der Waals surface area contributed by atoms with Crippen LogP contribution in [0.1, 0.15) is 27.9 Å². The van der Waals surface area contributed by atoms with E-state index in [0.717, 1.165) is 12.1 Å². The Hall–Kier alpha value is -2.09. The van der Waals surface area contributed by atoms with Crippen LogP contribution in [0.15, 0.2) is 24.3 Å². The zero-order valence-corrected chi connectivity index (χ0v) is 8.66. The molecular formula is C12H8F3NO. The van der Waals surface area contributed by atoms with Crippen LogP contribution in [-0.2, 0) is 6.18 Å². The van der Waals surface area contributed by atoms with Gasteiger partial charge in [-0.3, -0.25) is 4.79 Å². The highest BCUT2D eigenvalue weighted by atomic mass is 19.4. The number of aldehydes is 1. The molecule has 0 saturated carbocycles. The van der Waals surface area contributed by atoms with E-state index in [1.807, 2.05) is 6.07 Å². The van der Waals surface area contributed by atoms with Crippen LogP contribution in [0.2, 0.25) is 0 Å². The monoisotopic (exact) mass is 239 g/mol. The molecule has 0 aliphatic heterocycles. The second-order valence-electron chi connectivity index (χ2n) is 3.23. The summed E-state index contributed by atoms with van der Waals surface area (Å²) in [5.74, 6) is 0. The first-order chi connectivity index (χ1) is 7.99. The third kappa shape index (κ3) is 3.45. The van der Waals surface area contributed by atoms with Crippen LogP contribution < -0.4 is 0 Å². The zero-order valence-electron chi connectivity index (χ0n) is 8.66. The summed E-state index contributed by atoms with van der Waals surface area (Å²) in [6.07, 6.45) is -1.40. The van der Waals surface area contributed by atoms with E-state index in [4.69, 9.17) is 5.26 Å². The first-order valence-corrected chi connectivity index (χ1v) is 4.69. The van der Waals surface area contributed by atoms with Crippen molar-refractivity contribution in [3.63, 3.8) is 0 Å². The predicted molar refractivity (Wildman–Crippen MR) is 56.1 cm³/mol. The molecule has 0 bridgehead atoms. The molecule has 88 valence electrons. The number of nitriles is 1. The lowest BCUT2D eigenvalue weighted by atomic mass is 10.0. The molecule has 0 aromatic heterocycles. The average molecular weight is 239 g/mol. The number of nitrogens with zero attached hydrogens (tertiary/aromatic N) is 1. The molecule has 1 aromatic rings. The fourth-order valence-electron chi connectivity index (χ4n) is 1.27. The molecule has 0 atom stereocenters. The van der Waals surface area contributed by atoms with Crippen LogP contribution >= 0.6 is 0 Å². The Morgan fingerprint density at radius 2 is 2.06 bits per heavy atom. The molecule has 5 heteroatoms. The molecule has 17 heavy (non-hydrogen) atoms. The van der Waals surface area contributed by atoms with Crippen molar-refractivity contribution in [3.8, 4) is 6.07 Å². The summed E-state index contributed by atoms with van der Waals surface area (Å²) >= 11 is 0. The topological polar surface area (TPSA) is 40.9 Å². The van der Waals surface area contributed by atoms with E-state index in [-0.39, 0.29) is 12.7 Å². The van der Waals surface area contributed by atoms with Gasteiger partial charge in [0.05, 0.1) is 18.1 Å². The van der Waals surface area contributed by atoms with Gasteiger partial charge >= 0.3 is 6.18 Å². The van der Waals surface area contributed by atoms with Gasteiger partial charge in [0.2, 0.25) is 0 Å². The molecule has 0 saturated heterocycles.